The van der Waals surface area contributed by atoms with E-state index in [9.17, 15) is 0 Å². The number of nitrogens with zero attached hydrogens (tertiary/aromatic N) is 1. The summed E-state index contributed by atoms with van der Waals surface area (Å²) in [6.45, 7) is 10.9. The van der Waals surface area contributed by atoms with E-state index in [0.29, 0.717) is 6.61 Å². The van der Waals surface area contributed by atoms with E-state index in [1.165, 1.54) is 5.56 Å². The maximum absolute atomic E-state index is 5.70. The number of hydrogen-bond donors (Lipinski definition) is 2. The zero-order chi connectivity index (χ0) is 16.8. The summed E-state index contributed by atoms with van der Waals surface area (Å²) >= 11 is 0. The molecule has 0 aliphatic carbocycles. The summed E-state index contributed by atoms with van der Waals surface area (Å²) in [5.74, 6) is 1.78. The molecule has 0 aliphatic heterocycles. The van der Waals surface area contributed by atoms with Crippen LogP contribution >= 0.6 is 24.0 Å². The molecule has 0 bridgehead atoms. The maximum atomic E-state index is 5.70. The SMILES string of the molecule is CCNC(=NCCCOc1ccc(C)cc1)NCCCOCC.I. The standard InChI is InChI=1S/C18H31N3O2.HI/c1-4-19-18(20-12-6-14-22-5-2)21-13-7-15-23-17-10-8-16(3)9-11-17;/h8-11H,4-7,12-15H2,1-3H3,(H2,19,20,21);1H. The summed E-state index contributed by atoms with van der Waals surface area (Å²) in [6.07, 6.45) is 1.87. The molecule has 0 unspecified atom stereocenters. The normalized spacial score (nSPS) is 10.9. The third-order valence-corrected chi connectivity index (χ3v) is 3.17. The lowest BCUT2D eigenvalue weighted by atomic mass is 10.2. The molecule has 138 valence electrons. The van der Waals surface area contributed by atoms with E-state index in [4.69, 9.17) is 9.47 Å². The molecule has 0 spiro atoms. The number of halogens is 1. The molecule has 0 saturated heterocycles. The van der Waals surface area contributed by atoms with Crippen LogP contribution in [-0.4, -0.2) is 45.4 Å². The van der Waals surface area contributed by atoms with Crippen LogP contribution in [0.5, 0.6) is 5.75 Å². The van der Waals surface area contributed by atoms with Gasteiger partial charge in [0.05, 0.1) is 6.61 Å². The van der Waals surface area contributed by atoms with Crippen LogP contribution < -0.4 is 15.4 Å². The van der Waals surface area contributed by atoms with Gasteiger partial charge in [0.1, 0.15) is 5.75 Å². The highest BCUT2D eigenvalue weighted by atomic mass is 127. The molecular formula is C18H32IN3O2. The lowest BCUT2D eigenvalue weighted by Crippen LogP contribution is -2.38. The lowest BCUT2D eigenvalue weighted by Gasteiger charge is -2.11. The zero-order valence-corrected chi connectivity index (χ0v) is 17.5. The first kappa shape index (κ1) is 23.0. The van der Waals surface area contributed by atoms with Gasteiger partial charge in [0.15, 0.2) is 5.96 Å². The van der Waals surface area contributed by atoms with Gasteiger partial charge >= 0.3 is 0 Å². The van der Waals surface area contributed by atoms with E-state index in [0.717, 1.165) is 57.4 Å². The molecule has 0 saturated carbocycles. The molecular weight excluding hydrogens is 417 g/mol. The van der Waals surface area contributed by atoms with E-state index in [1.807, 2.05) is 19.1 Å². The molecule has 0 amide bonds. The highest BCUT2D eigenvalue weighted by Crippen LogP contribution is 2.11. The Labute approximate surface area is 163 Å². The molecule has 0 heterocycles. The fraction of sp³-hybridized carbons (Fsp3) is 0.611. The minimum atomic E-state index is 0. The summed E-state index contributed by atoms with van der Waals surface area (Å²) in [5.41, 5.74) is 1.24. The third kappa shape index (κ3) is 11.5. The minimum Gasteiger partial charge on any atom is -0.494 e. The van der Waals surface area contributed by atoms with E-state index < -0.39 is 0 Å². The largest absolute Gasteiger partial charge is 0.494 e. The van der Waals surface area contributed by atoms with E-state index in [2.05, 4.69) is 41.6 Å². The second kappa shape index (κ2) is 15.5. The van der Waals surface area contributed by atoms with Crippen molar-refractivity contribution in [2.45, 2.75) is 33.6 Å². The van der Waals surface area contributed by atoms with Gasteiger partial charge in [0.25, 0.3) is 0 Å². The van der Waals surface area contributed by atoms with Crippen LogP contribution in [0.2, 0.25) is 0 Å². The Bertz CT molecular complexity index is 438. The van der Waals surface area contributed by atoms with Gasteiger partial charge in [0.2, 0.25) is 0 Å². The van der Waals surface area contributed by atoms with Crippen molar-refractivity contribution in [2.75, 3.05) is 39.5 Å². The molecule has 1 rings (SSSR count). The zero-order valence-electron chi connectivity index (χ0n) is 15.1. The summed E-state index contributed by atoms with van der Waals surface area (Å²) in [5, 5.41) is 6.56. The molecule has 1 aromatic rings. The van der Waals surface area contributed by atoms with Gasteiger partial charge in [-0.3, -0.25) is 4.99 Å². The number of benzene rings is 1. The Hall–Kier alpha value is -1.02. The van der Waals surface area contributed by atoms with Crippen molar-refractivity contribution in [2.24, 2.45) is 4.99 Å². The van der Waals surface area contributed by atoms with Crippen LogP contribution in [-0.2, 0) is 4.74 Å². The van der Waals surface area contributed by atoms with Gasteiger partial charge < -0.3 is 20.1 Å². The predicted molar refractivity (Wildman–Crippen MR) is 112 cm³/mol. The molecule has 1 aromatic carbocycles. The minimum absolute atomic E-state index is 0. The number of aryl methyl sites for hydroxylation is 1. The number of aliphatic imine (C=N–C) groups is 1. The Morgan fingerprint density at radius 1 is 1.04 bits per heavy atom. The van der Waals surface area contributed by atoms with E-state index >= 15 is 0 Å². The highest BCUT2D eigenvalue weighted by Gasteiger charge is 1.97. The van der Waals surface area contributed by atoms with Crippen LogP contribution in [0.1, 0.15) is 32.3 Å². The lowest BCUT2D eigenvalue weighted by molar-refractivity contribution is 0.145. The Balaban J connectivity index is 0.00000529. The number of guanidine groups is 1. The monoisotopic (exact) mass is 449 g/mol. The first-order valence-electron chi connectivity index (χ1n) is 8.55. The summed E-state index contributed by atoms with van der Waals surface area (Å²) in [7, 11) is 0. The average Bonchev–Trinajstić information content (AvgIpc) is 2.56. The molecule has 24 heavy (non-hydrogen) atoms. The van der Waals surface area contributed by atoms with Crippen molar-refractivity contribution >= 4 is 29.9 Å². The van der Waals surface area contributed by atoms with Crippen molar-refractivity contribution < 1.29 is 9.47 Å². The fourth-order valence-corrected chi connectivity index (χ4v) is 1.95. The van der Waals surface area contributed by atoms with Gasteiger partial charge in [0, 0.05) is 39.3 Å². The van der Waals surface area contributed by atoms with Gasteiger partial charge in [-0.25, -0.2) is 0 Å². The van der Waals surface area contributed by atoms with Crippen LogP contribution in [0.25, 0.3) is 0 Å². The van der Waals surface area contributed by atoms with Crippen molar-refractivity contribution in [1.29, 1.82) is 0 Å². The van der Waals surface area contributed by atoms with Crippen LogP contribution in [0.15, 0.2) is 29.3 Å². The van der Waals surface area contributed by atoms with E-state index in [-0.39, 0.29) is 24.0 Å². The molecule has 5 nitrogen and oxygen atoms in total. The topological polar surface area (TPSA) is 54.9 Å². The van der Waals surface area contributed by atoms with Crippen molar-refractivity contribution in [3.05, 3.63) is 29.8 Å². The molecule has 0 radical (unpaired) electrons. The summed E-state index contributed by atoms with van der Waals surface area (Å²) < 4.78 is 11.0. The second-order valence-electron chi connectivity index (χ2n) is 5.25. The number of ether oxygens (including phenoxy) is 2. The molecule has 2 N–H and O–H groups in total. The van der Waals surface area contributed by atoms with Crippen molar-refractivity contribution in [3.63, 3.8) is 0 Å². The molecule has 0 atom stereocenters. The second-order valence-corrected chi connectivity index (χ2v) is 5.25. The van der Waals surface area contributed by atoms with Crippen LogP contribution in [0, 0.1) is 6.92 Å². The van der Waals surface area contributed by atoms with Crippen LogP contribution in [0.4, 0.5) is 0 Å². The first-order valence-corrected chi connectivity index (χ1v) is 8.55. The van der Waals surface area contributed by atoms with Gasteiger partial charge in [-0.2, -0.15) is 0 Å². The van der Waals surface area contributed by atoms with Crippen LogP contribution in [0.3, 0.4) is 0 Å². The maximum Gasteiger partial charge on any atom is 0.191 e. The summed E-state index contributed by atoms with van der Waals surface area (Å²) in [6, 6.07) is 8.12. The first-order chi connectivity index (χ1) is 11.3. The average molecular weight is 449 g/mol. The Morgan fingerprint density at radius 3 is 2.46 bits per heavy atom. The fourth-order valence-electron chi connectivity index (χ4n) is 1.95. The Kier molecular flexibility index (Phi) is 14.8. The number of nitrogens with one attached hydrogen (secondary N) is 2. The quantitative estimate of drug-likeness (QED) is 0.236. The molecule has 0 aliphatic rings. The van der Waals surface area contributed by atoms with Crippen molar-refractivity contribution in [1.82, 2.24) is 10.6 Å². The summed E-state index contributed by atoms with van der Waals surface area (Å²) in [4.78, 5) is 4.55. The third-order valence-electron chi connectivity index (χ3n) is 3.17. The van der Waals surface area contributed by atoms with Gasteiger partial charge in [-0.1, -0.05) is 17.7 Å². The number of rotatable bonds is 11. The van der Waals surface area contributed by atoms with Gasteiger partial charge in [-0.05, 0) is 39.3 Å². The smallest absolute Gasteiger partial charge is 0.191 e. The molecule has 0 aromatic heterocycles. The Morgan fingerprint density at radius 2 is 1.79 bits per heavy atom. The van der Waals surface area contributed by atoms with Crippen molar-refractivity contribution in [3.8, 4) is 5.75 Å². The predicted octanol–water partition coefficient (Wildman–Crippen LogP) is 3.36. The van der Waals surface area contributed by atoms with E-state index in [1.54, 1.807) is 0 Å². The molecule has 0 fully saturated rings. The number of hydrogen-bond acceptors (Lipinski definition) is 3. The van der Waals surface area contributed by atoms with Gasteiger partial charge in [-0.15, -0.1) is 24.0 Å². The highest BCUT2D eigenvalue weighted by molar-refractivity contribution is 14.0. The molecule has 6 heteroatoms.